The van der Waals surface area contributed by atoms with E-state index in [1.54, 1.807) is 0 Å². The minimum atomic E-state index is -0.556. The second-order valence-electron chi connectivity index (χ2n) is 10.8. The molecular formula is C30H40Cl2SiTi-2. The molecule has 4 rings (SSSR count). The van der Waals surface area contributed by atoms with Gasteiger partial charge in [0.25, 0.3) is 0 Å². The van der Waals surface area contributed by atoms with Gasteiger partial charge < -0.3 is 0 Å². The molecule has 34 heavy (non-hydrogen) atoms. The maximum absolute atomic E-state index is 4.89. The van der Waals surface area contributed by atoms with Crippen molar-refractivity contribution in [3.05, 3.63) is 82.9 Å². The monoisotopic (exact) mass is 546 g/mol. The molecule has 2 radical (unpaired) electrons. The van der Waals surface area contributed by atoms with Crippen LogP contribution in [0.5, 0.6) is 0 Å². The van der Waals surface area contributed by atoms with Crippen LogP contribution in [-0.2, 0) is 27.9 Å². The first-order chi connectivity index (χ1) is 15.8. The average molecular weight is 548 g/mol. The predicted molar refractivity (Wildman–Crippen MR) is 155 cm³/mol. The molecule has 0 nitrogen and oxygen atoms in total. The molecule has 0 aliphatic carbocycles. The summed E-state index contributed by atoms with van der Waals surface area (Å²) in [4.78, 5) is 0. The first kappa shape index (κ1) is 31.2. The number of hydrogen-bond donors (Lipinski definition) is 0. The topological polar surface area (TPSA) is 0 Å². The van der Waals surface area contributed by atoms with E-state index in [-0.39, 0.29) is 10.8 Å². The molecule has 0 fully saturated rings. The third-order valence-corrected chi connectivity index (χ3v) is 5.41. The predicted octanol–water partition coefficient (Wildman–Crippen LogP) is 10.5. The summed E-state index contributed by atoms with van der Waals surface area (Å²) in [7, 11) is 10.9. The van der Waals surface area contributed by atoms with Crippen LogP contribution < -0.4 is 0 Å². The van der Waals surface area contributed by atoms with Gasteiger partial charge in [0, 0.05) is 9.52 Å². The zero-order valence-corrected chi connectivity index (χ0v) is 26.6. The molecule has 0 spiro atoms. The van der Waals surface area contributed by atoms with E-state index in [0.717, 1.165) is 9.52 Å². The summed E-state index contributed by atoms with van der Waals surface area (Å²) in [6, 6.07) is 22.3. The normalized spacial score (nSPS) is 11.1. The Bertz CT molecular complexity index is 1050. The standard InChI is InChI=1S/2C14H17.C2H6Si.2ClH.Ti/c2*1-10-8-11-6-5-7-13(12(11)9-10)14(2,3)4;1-3-2;;;/h2*5-9H,1-4H3;1-2H3;2*1H;/q2*-1;;;;+2/p-2. The van der Waals surface area contributed by atoms with Gasteiger partial charge in [0.05, 0.1) is 0 Å². The maximum atomic E-state index is 4.89. The zero-order chi connectivity index (χ0) is 26.1. The van der Waals surface area contributed by atoms with E-state index >= 15 is 0 Å². The van der Waals surface area contributed by atoms with Crippen molar-refractivity contribution in [1.29, 1.82) is 0 Å². The van der Waals surface area contributed by atoms with E-state index in [4.69, 9.17) is 18.6 Å². The Balaban J connectivity index is 0.000000277. The molecule has 0 saturated heterocycles. The van der Waals surface area contributed by atoms with Crippen LogP contribution in [0.4, 0.5) is 0 Å². The molecule has 0 heterocycles. The van der Waals surface area contributed by atoms with Crippen LogP contribution in [0.2, 0.25) is 13.1 Å². The Kier molecular flexibility index (Phi) is 12.9. The number of halogens is 2. The van der Waals surface area contributed by atoms with Crippen molar-refractivity contribution in [2.75, 3.05) is 0 Å². The van der Waals surface area contributed by atoms with Crippen LogP contribution >= 0.6 is 18.6 Å². The molecule has 0 bridgehead atoms. The van der Waals surface area contributed by atoms with Gasteiger partial charge in [-0.05, 0) is 10.8 Å². The fraction of sp³-hybridized carbons (Fsp3) is 0.400. The van der Waals surface area contributed by atoms with Gasteiger partial charge in [0.15, 0.2) is 0 Å². The van der Waals surface area contributed by atoms with Crippen molar-refractivity contribution in [2.24, 2.45) is 0 Å². The molecule has 0 unspecified atom stereocenters. The summed E-state index contributed by atoms with van der Waals surface area (Å²) in [5.74, 6) is 0. The van der Waals surface area contributed by atoms with Gasteiger partial charge in [-0.2, -0.15) is 12.1 Å². The van der Waals surface area contributed by atoms with Gasteiger partial charge >= 0.3 is 35.6 Å². The summed E-state index contributed by atoms with van der Waals surface area (Å²) in [5.41, 5.74) is 6.08. The summed E-state index contributed by atoms with van der Waals surface area (Å²) in [6.07, 6.45) is 0. The molecular weight excluding hydrogens is 507 g/mol. The molecule has 0 aromatic heterocycles. The zero-order valence-electron chi connectivity index (χ0n) is 22.5. The third-order valence-electron chi connectivity index (χ3n) is 5.41. The van der Waals surface area contributed by atoms with E-state index < -0.39 is 17.0 Å². The van der Waals surface area contributed by atoms with Gasteiger partial charge in [0.2, 0.25) is 0 Å². The number of rotatable bonds is 0. The summed E-state index contributed by atoms with van der Waals surface area (Å²) >= 11 is -0.556. The van der Waals surface area contributed by atoms with Crippen LogP contribution in [0.25, 0.3) is 21.5 Å². The minimum absolute atomic E-state index is 0.236. The van der Waals surface area contributed by atoms with Gasteiger partial charge in [0.1, 0.15) is 0 Å². The van der Waals surface area contributed by atoms with Crippen LogP contribution in [0, 0.1) is 13.8 Å². The summed E-state index contributed by atoms with van der Waals surface area (Å²) in [6.45, 7) is 22.2. The van der Waals surface area contributed by atoms with Crippen LogP contribution in [0.1, 0.15) is 63.8 Å². The van der Waals surface area contributed by atoms with Gasteiger partial charge in [-0.15, -0.1) is 69.1 Å². The fourth-order valence-corrected chi connectivity index (χ4v) is 4.08. The van der Waals surface area contributed by atoms with Crippen molar-refractivity contribution in [2.45, 2.75) is 79.3 Å². The Morgan fingerprint density at radius 1 is 0.676 bits per heavy atom. The molecule has 0 saturated carbocycles. The Hall–Kier alpha value is -0.829. The molecule has 0 N–H and O–H groups in total. The first-order valence-corrected chi connectivity index (χ1v) is 18.0. The second kappa shape index (κ2) is 14.0. The molecule has 0 atom stereocenters. The van der Waals surface area contributed by atoms with Gasteiger partial charge in [-0.1, -0.05) is 91.7 Å². The molecule has 184 valence electrons. The van der Waals surface area contributed by atoms with E-state index in [2.05, 4.69) is 129 Å². The Morgan fingerprint density at radius 3 is 1.24 bits per heavy atom. The van der Waals surface area contributed by atoms with E-state index in [1.165, 1.54) is 43.8 Å². The number of fused-ring (bicyclic) bond motifs is 2. The molecule has 4 aromatic carbocycles. The third kappa shape index (κ3) is 9.32. The van der Waals surface area contributed by atoms with Crippen molar-refractivity contribution in [3.8, 4) is 0 Å². The number of hydrogen-bond acceptors (Lipinski definition) is 0. The summed E-state index contributed by atoms with van der Waals surface area (Å²) in [5, 5.41) is 5.57. The van der Waals surface area contributed by atoms with Crippen LogP contribution in [-0.4, -0.2) is 9.52 Å². The van der Waals surface area contributed by atoms with Crippen molar-refractivity contribution in [1.82, 2.24) is 0 Å². The molecule has 0 amide bonds. The Labute approximate surface area is 227 Å². The first-order valence-electron chi connectivity index (χ1n) is 11.7. The molecule has 4 heteroatoms. The van der Waals surface area contributed by atoms with Crippen LogP contribution in [0.15, 0.2) is 60.7 Å². The SMILES string of the molecule is C[Si]C.Cc1cc2c(C(C)(C)C)cccc2[cH-]1.Cc1cc2c(C(C)(C)C)cccc2[cH-]1.[Cl][Ti][Cl]. The Morgan fingerprint density at radius 2 is 0.971 bits per heavy atom. The van der Waals surface area contributed by atoms with Gasteiger partial charge in [-0.3, -0.25) is 0 Å². The van der Waals surface area contributed by atoms with E-state index in [9.17, 15) is 0 Å². The van der Waals surface area contributed by atoms with Crippen molar-refractivity contribution in [3.63, 3.8) is 0 Å². The van der Waals surface area contributed by atoms with Crippen molar-refractivity contribution >= 4 is 49.7 Å². The number of benzene rings is 2. The fourth-order valence-electron chi connectivity index (χ4n) is 4.08. The molecule has 0 aliphatic heterocycles. The van der Waals surface area contributed by atoms with Gasteiger partial charge in [-0.25, -0.2) is 0 Å². The van der Waals surface area contributed by atoms with E-state index in [0.29, 0.717) is 0 Å². The van der Waals surface area contributed by atoms with Crippen molar-refractivity contribution < 1.29 is 17.0 Å². The number of aryl methyl sites for hydroxylation is 2. The molecule has 4 aromatic rings. The summed E-state index contributed by atoms with van der Waals surface area (Å²) < 4.78 is 0. The molecule has 0 aliphatic rings. The van der Waals surface area contributed by atoms with Crippen LogP contribution in [0.3, 0.4) is 0 Å². The second-order valence-corrected chi connectivity index (χ2v) is 14.3. The average Bonchev–Trinajstić information content (AvgIpc) is 3.28. The van der Waals surface area contributed by atoms with E-state index in [1.807, 2.05) is 0 Å². The quantitative estimate of drug-likeness (QED) is 0.152.